The number of ether oxygens (including phenoxy) is 1. The zero-order valence-corrected chi connectivity index (χ0v) is 21.5. The van der Waals surface area contributed by atoms with Gasteiger partial charge >= 0.3 is 6.18 Å². The summed E-state index contributed by atoms with van der Waals surface area (Å²) in [5, 5.41) is 2.71. The zero-order chi connectivity index (χ0) is 27.3. The van der Waals surface area contributed by atoms with E-state index in [1.807, 2.05) is 0 Å². The van der Waals surface area contributed by atoms with Crippen molar-refractivity contribution in [1.29, 1.82) is 0 Å². The van der Waals surface area contributed by atoms with Crippen molar-refractivity contribution in [3.63, 3.8) is 0 Å². The largest absolute Gasteiger partial charge is 0.497 e. The maximum atomic E-state index is 13.4. The van der Waals surface area contributed by atoms with E-state index in [0.29, 0.717) is 21.7 Å². The predicted molar refractivity (Wildman–Crippen MR) is 130 cm³/mol. The number of hydrogen-bond acceptors (Lipinski definition) is 5. The Bertz CT molecular complexity index is 1170. The van der Waals surface area contributed by atoms with Crippen LogP contribution in [0.1, 0.15) is 31.9 Å². The molecule has 0 bridgehead atoms. The number of hydrogen-bond donors (Lipinski definition) is 1. The van der Waals surface area contributed by atoms with Crippen molar-refractivity contribution >= 4 is 27.5 Å². The Kier molecular flexibility index (Phi) is 9.36. The summed E-state index contributed by atoms with van der Waals surface area (Å²) in [5.41, 5.74) is -0.733. The SMILES string of the molecule is COc1ccc(CN(C(=O)CN(c2cccc(C(F)(F)F)c2)S(C)(=O)=O)[C@@H](C)C(=O)NC(C)C)cc1. The summed E-state index contributed by atoms with van der Waals surface area (Å²) >= 11 is 0. The number of benzene rings is 2. The smallest absolute Gasteiger partial charge is 0.416 e. The molecule has 198 valence electrons. The van der Waals surface area contributed by atoms with Gasteiger partial charge in [0.15, 0.2) is 0 Å². The molecule has 0 aliphatic carbocycles. The maximum Gasteiger partial charge on any atom is 0.416 e. The Morgan fingerprint density at radius 3 is 2.17 bits per heavy atom. The topological polar surface area (TPSA) is 96.0 Å². The van der Waals surface area contributed by atoms with Gasteiger partial charge in [-0.15, -0.1) is 0 Å². The first-order valence-corrected chi connectivity index (χ1v) is 12.9. The first kappa shape index (κ1) is 29.0. The molecule has 8 nitrogen and oxygen atoms in total. The molecule has 1 N–H and O–H groups in total. The van der Waals surface area contributed by atoms with Crippen molar-refractivity contribution in [2.75, 3.05) is 24.2 Å². The van der Waals surface area contributed by atoms with E-state index >= 15 is 0 Å². The van der Waals surface area contributed by atoms with Gasteiger partial charge in [0, 0.05) is 12.6 Å². The van der Waals surface area contributed by atoms with Gasteiger partial charge in [0.1, 0.15) is 18.3 Å². The van der Waals surface area contributed by atoms with Crippen LogP contribution in [0.25, 0.3) is 0 Å². The molecule has 0 aliphatic rings. The molecule has 0 aromatic heterocycles. The Balaban J connectivity index is 2.43. The molecule has 0 aliphatic heterocycles. The fraction of sp³-hybridized carbons (Fsp3) is 0.417. The molecular formula is C24H30F3N3O5S. The number of alkyl halides is 3. The van der Waals surface area contributed by atoms with E-state index < -0.39 is 46.2 Å². The number of carbonyl (C=O) groups excluding carboxylic acids is 2. The van der Waals surface area contributed by atoms with Crippen LogP contribution in [0.4, 0.5) is 18.9 Å². The standard InChI is InChI=1S/C24H30F3N3O5S/c1-16(2)28-23(32)17(3)29(14-18-9-11-21(35-4)12-10-18)22(31)15-30(36(5,33)34)20-8-6-7-19(13-20)24(25,26)27/h6-13,16-17H,14-15H2,1-5H3,(H,28,32)/t17-/m0/s1. The Labute approximate surface area is 209 Å². The quantitative estimate of drug-likeness (QED) is 0.509. The first-order chi connectivity index (χ1) is 16.6. The van der Waals surface area contributed by atoms with Crippen LogP contribution < -0.4 is 14.4 Å². The average molecular weight is 530 g/mol. The summed E-state index contributed by atoms with van der Waals surface area (Å²) in [6.45, 7) is 4.15. The highest BCUT2D eigenvalue weighted by Gasteiger charge is 2.33. The lowest BCUT2D eigenvalue weighted by Gasteiger charge is -2.32. The molecule has 0 fully saturated rings. The highest BCUT2D eigenvalue weighted by molar-refractivity contribution is 7.92. The monoisotopic (exact) mass is 529 g/mol. The lowest BCUT2D eigenvalue weighted by Crippen LogP contribution is -2.52. The molecule has 0 unspecified atom stereocenters. The molecule has 0 heterocycles. The van der Waals surface area contributed by atoms with Gasteiger partial charge in [-0.1, -0.05) is 18.2 Å². The van der Waals surface area contributed by atoms with E-state index in [1.54, 1.807) is 38.1 Å². The molecule has 0 saturated carbocycles. The van der Waals surface area contributed by atoms with Crippen LogP contribution in [0.3, 0.4) is 0 Å². The second-order valence-electron chi connectivity index (χ2n) is 8.53. The highest BCUT2D eigenvalue weighted by Crippen LogP contribution is 2.32. The molecule has 0 spiro atoms. The molecule has 0 radical (unpaired) electrons. The van der Waals surface area contributed by atoms with Gasteiger partial charge < -0.3 is 15.0 Å². The van der Waals surface area contributed by atoms with Crippen molar-refractivity contribution in [2.24, 2.45) is 0 Å². The average Bonchev–Trinajstić information content (AvgIpc) is 2.79. The molecule has 12 heteroatoms. The number of anilines is 1. The van der Waals surface area contributed by atoms with Gasteiger partial charge in [-0.2, -0.15) is 13.2 Å². The third kappa shape index (κ3) is 7.87. The lowest BCUT2D eigenvalue weighted by molar-refractivity contribution is -0.139. The number of rotatable bonds is 10. The highest BCUT2D eigenvalue weighted by atomic mass is 32.2. The number of nitrogens with one attached hydrogen (secondary N) is 1. The van der Waals surface area contributed by atoms with Crippen molar-refractivity contribution < 1.29 is 35.9 Å². The summed E-state index contributed by atoms with van der Waals surface area (Å²) in [7, 11) is -2.66. The number of halogens is 3. The van der Waals surface area contributed by atoms with Crippen LogP contribution in [-0.4, -0.2) is 57.1 Å². The predicted octanol–water partition coefficient (Wildman–Crippen LogP) is 3.42. The maximum absolute atomic E-state index is 13.4. The van der Waals surface area contributed by atoms with E-state index in [1.165, 1.54) is 25.0 Å². The van der Waals surface area contributed by atoms with Crippen LogP contribution in [0.5, 0.6) is 5.75 Å². The molecular weight excluding hydrogens is 499 g/mol. The fourth-order valence-electron chi connectivity index (χ4n) is 3.37. The van der Waals surface area contributed by atoms with Crippen molar-refractivity contribution in [3.8, 4) is 5.75 Å². The number of sulfonamides is 1. The zero-order valence-electron chi connectivity index (χ0n) is 20.7. The third-order valence-corrected chi connectivity index (χ3v) is 6.39. The summed E-state index contributed by atoms with van der Waals surface area (Å²) in [5.74, 6) is -0.646. The van der Waals surface area contributed by atoms with Crippen LogP contribution in [-0.2, 0) is 32.3 Å². The third-order valence-electron chi connectivity index (χ3n) is 5.25. The van der Waals surface area contributed by atoms with E-state index in [2.05, 4.69) is 5.32 Å². The van der Waals surface area contributed by atoms with E-state index in [0.717, 1.165) is 18.4 Å². The van der Waals surface area contributed by atoms with E-state index in [9.17, 15) is 31.2 Å². The molecule has 1 atom stereocenters. The van der Waals surface area contributed by atoms with Gasteiger partial charge in [0.2, 0.25) is 21.8 Å². The number of nitrogens with zero attached hydrogens (tertiary/aromatic N) is 2. The van der Waals surface area contributed by atoms with Crippen LogP contribution in [0.2, 0.25) is 0 Å². The number of amides is 2. The second kappa shape index (κ2) is 11.6. The fourth-order valence-corrected chi connectivity index (χ4v) is 4.21. The summed E-state index contributed by atoms with van der Waals surface area (Å²) in [4.78, 5) is 27.3. The number of methoxy groups -OCH3 is 1. The minimum Gasteiger partial charge on any atom is -0.497 e. The molecule has 2 rings (SSSR count). The van der Waals surface area contributed by atoms with Crippen molar-refractivity contribution in [1.82, 2.24) is 10.2 Å². The van der Waals surface area contributed by atoms with Gasteiger partial charge in [-0.25, -0.2) is 8.42 Å². The summed E-state index contributed by atoms with van der Waals surface area (Å²) in [6.07, 6.45) is -3.91. The molecule has 2 amide bonds. The first-order valence-electron chi connectivity index (χ1n) is 11.0. The molecule has 36 heavy (non-hydrogen) atoms. The van der Waals surface area contributed by atoms with Crippen LogP contribution in [0, 0.1) is 0 Å². The van der Waals surface area contributed by atoms with Gasteiger partial charge in [0.05, 0.1) is 24.6 Å². The Morgan fingerprint density at radius 1 is 1.06 bits per heavy atom. The van der Waals surface area contributed by atoms with Gasteiger partial charge in [-0.05, 0) is 56.7 Å². The van der Waals surface area contributed by atoms with E-state index in [4.69, 9.17) is 4.74 Å². The Morgan fingerprint density at radius 2 is 1.67 bits per heavy atom. The minimum absolute atomic E-state index is 0.0459. The lowest BCUT2D eigenvalue weighted by atomic mass is 10.1. The normalized spacial score (nSPS) is 12.7. The van der Waals surface area contributed by atoms with E-state index in [-0.39, 0.29) is 18.3 Å². The minimum atomic E-state index is -4.70. The summed E-state index contributed by atoms with van der Waals surface area (Å²) in [6, 6.07) is 9.21. The van der Waals surface area contributed by atoms with Crippen LogP contribution >= 0.6 is 0 Å². The summed E-state index contributed by atoms with van der Waals surface area (Å²) < 4.78 is 70.4. The molecule has 0 saturated heterocycles. The molecule has 2 aromatic rings. The Hall–Kier alpha value is -3.28. The second-order valence-corrected chi connectivity index (χ2v) is 10.4. The van der Waals surface area contributed by atoms with Crippen molar-refractivity contribution in [2.45, 2.75) is 45.6 Å². The van der Waals surface area contributed by atoms with Crippen LogP contribution in [0.15, 0.2) is 48.5 Å². The molecule has 2 aromatic carbocycles. The van der Waals surface area contributed by atoms with Crippen molar-refractivity contribution in [3.05, 3.63) is 59.7 Å². The van der Waals surface area contributed by atoms with Gasteiger partial charge in [0.25, 0.3) is 0 Å². The number of carbonyl (C=O) groups is 2. The van der Waals surface area contributed by atoms with Gasteiger partial charge in [-0.3, -0.25) is 13.9 Å².